The van der Waals surface area contributed by atoms with E-state index in [0.717, 1.165) is 23.1 Å². The first kappa shape index (κ1) is 13.9. The van der Waals surface area contributed by atoms with Gasteiger partial charge in [0.2, 0.25) is 0 Å². The lowest BCUT2D eigenvalue weighted by atomic mass is 10.1. The Bertz CT molecular complexity index is 549. The van der Waals surface area contributed by atoms with Crippen molar-refractivity contribution in [2.45, 2.75) is 13.3 Å². The van der Waals surface area contributed by atoms with Gasteiger partial charge in [-0.3, -0.25) is 0 Å². The SMILES string of the molecule is Cc1ccc(Br)cc1CCN(C)c1ccc(N)cc1. The van der Waals surface area contributed by atoms with Crippen LogP contribution in [0.4, 0.5) is 11.4 Å². The first-order valence-corrected chi connectivity index (χ1v) is 7.17. The Kier molecular flexibility index (Phi) is 4.48. The van der Waals surface area contributed by atoms with E-state index in [4.69, 9.17) is 5.73 Å². The largest absolute Gasteiger partial charge is 0.399 e. The van der Waals surface area contributed by atoms with Crippen molar-refractivity contribution >= 4 is 27.3 Å². The fraction of sp³-hybridized carbons (Fsp3) is 0.250. The lowest BCUT2D eigenvalue weighted by Crippen LogP contribution is -2.20. The molecule has 0 aliphatic heterocycles. The van der Waals surface area contributed by atoms with Gasteiger partial charge >= 0.3 is 0 Å². The van der Waals surface area contributed by atoms with Crippen LogP contribution in [-0.4, -0.2) is 13.6 Å². The van der Waals surface area contributed by atoms with Crippen LogP contribution < -0.4 is 10.6 Å². The minimum Gasteiger partial charge on any atom is -0.399 e. The number of likely N-dealkylation sites (N-methyl/N-ethyl adjacent to an activating group) is 1. The van der Waals surface area contributed by atoms with Crippen LogP contribution in [0.5, 0.6) is 0 Å². The summed E-state index contributed by atoms with van der Waals surface area (Å²) < 4.78 is 1.14. The van der Waals surface area contributed by atoms with Gasteiger partial charge in [-0.25, -0.2) is 0 Å². The van der Waals surface area contributed by atoms with Gasteiger partial charge in [0.1, 0.15) is 0 Å². The van der Waals surface area contributed by atoms with Crippen molar-refractivity contribution in [3.8, 4) is 0 Å². The van der Waals surface area contributed by atoms with E-state index in [1.54, 1.807) is 0 Å². The van der Waals surface area contributed by atoms with Crippen LogP contribution in [0.3, 0.4) is 0 Å². The Hall–Kier alpha value is -1.48. The molecule has 0 aliphatic carbocycles. The van der Waals surface area contributed by atoms with E-state index >= 15 is 0 Å². The minimum absolute atomic E-state index is 0.806. The van der Waals surface area contributed by atoms with E-state index in [9.17, 15) is 0 Å². The van der Waals surface area contributed by atoms with Crippen LogP contribution in [0.25, 0.3) is 0 Å². The molecule has 0 heterocycles. The summed E-state index contributed by atoms with van der Waals surface area (Å²) in [6.45, 7) is 3.15. The van der Waals surface area contributed by atoms with Crippen molar-refractivity contribution in [1.82, 2.24) is 0 Å². The van der Waals surface area contributed by atoms with Gasteiger partial charge in [-0.2, -0.15) is 0 Å². The molecule has 0 atom stereocenters. The topological polar surface area (TPSA) is 29.3 Å². The molecular formula is C16H19BrN2. The quantitative estimate of drug-likeness (QED) is 0.863. The summed E-state index contributed by atoms with van der Waals surface area (Å²) in [5.41, 5.74) is 10.4. The van der Waals surface area contributed by atoms with Crippen LogP contribution in [-0.2, 0) is 6.42 Å². The van der Waals surface area contributed by atoms with E-state index in [1.807, 2.05) is 12.1 Å². The smallest absolute Gasteiger partial charge is 0.0365 e. The van der Waals surface area contributed by atoms with E-state index in [0.29, 0.717) is 0 Å². The minimum atomic E-state index is 0.806. The molecule has 0 amide bonds. The maximum absolute atomic E-state index is 5.70. The van der Waals surface area contributed by atoms with Gasteiger partial charge < -0.3 is 10.6 Å². The molecule has 2 aromatic rings. The molecule has 2 N–H and O–H groups in total. The number of nitrogen functional groups attached to an aromatic ring is 1. The monoisotopic (exact) mass is 318 g/mol. The summed E-state index contributed by atoms with van der Waals surface area (Å²) in [6, 6.07) is 14.4. The number of benzene rings is 2. The van der Waals surface area contributed by atoms with Crippen molar-refractivity contribution in [2.24, 2.45) is 0 Å². The molecule has 0 saturated carbocycles. The van der Waals surface area contributed by atoms with Crippen molar-refractivity contribution in [2.75, 3.05) is 24.2 Å². The van der Waals surface area contributed by atoms with Crippen LogP contribution >= 0.6 is 15.9 Å². The van der Waals surface area contributed by atoms with Gasteiger partial charge in [-0.15, -0.1) is 0 Å². The second kappa shape index (κ2) is 6.11. The molecular weight excluding hydrogens is 300 g/mol. The number of rotatable bonds is 4. The van der Waals surface area contributed by atoms with E-state index in [-0.39, 0.29) is 0 Å². The Balaban J connectivity index is 2.02. The molecule has 2 rings (SSSR count). The average Bonchev–Trinajstić information content (AvgIpc) is 2.40. The third kappa shape index (κ3) is 3.74. The molecule has 2 nitrogen and oxygen atoms in total. The molecule has 0 unspecified atom stereocenters. The highest BCUT2D eigenvalue weighted by atomic mass is 79.9. The number of nitrogens with zero attached hydrogens (tertiary/aromatic N) is 1. The molecule has 0 aliphatic rings. The summed E-state index contributed by atoms with van der Waals surface area (Å²) in [5, 5.41) is 0. The van der Waals surface area contributed by atoms with E-state index in [1.165, 1.54) is 16.8 Å². The Labute approximate surface area is 123 Å². The molecule has 2 aromatic carbocycles. The molecule has 0 saturated heterocycles. The van der Waals surface area contributed by atoms with Crippen LogP contribution in [0.15, 0.2) is 46.9 Å². The van der Waals surface area contributed by atoms with Crippen LogP contribution in [0.2, 0.25) is 0 Å². The number of nitrogens with two attached hydrogens (primary N) is 1. The van der Waals surface area contributed by atoms with Gasteiger partial charge in [0.25, 0.3) is 0 Å². The summed E-state index contributed by atoms with van der Waals surface area (Å²) in [4.78, 5) is 2.25. The zero-order valence-electron chi connectivity index (χ0n) is 11.4. The summed E-state index contributed by atoms with van der Waals surface area (Å²) in [5.74, 6) is 0. The first-order valence-electron chi connectivity index (χ1n) is 6.38. The first-order chi connectivity index (χ1) is 9.06. The maximum atomic E-state index is 5.70. The van der Waals surface area contributed by atoms with Crippen molar-refractivity contribution in [1.29, 1.82) is 0 Å². The number of aryl methyl sites for hydroxylation is 1. The molecule has 0 spiro atoms. The van der Waals surface area contributed by atoms with Crippen molar-refractivity contribution in [3.05, 3.63) is 58.1 Å². The van der Waals surface area contributed by atoms with Gasteiger partial charge in [0, 0.05) is 29.4 Å². The second-order valence-corrected chi connectivity index (χ2v) is 5.75. The third-order valence-electron chi connectivity index (χ3n) is 3.36. The number of anilines is 2. The molecule has 0 bridgehead atoms. The van der Waals surface area contributed by atoms with Crippen molar-refractivity contribution in [3.63, 3.8) is 0 Å². The highest BCUT2D eigenvalue weighted by Gasteiger charge is 2.04. The molecule has 100 valence electrons. The zero-order valence-corrected chi connectivity index (χ0v) is 12.9. The zero-order chi connectivity index (χ0) is 13.8. The predicted octanol–water partition coefficient (Wildman–Crippen LogP) is 4.02. The van der Waals surface area contributed by atoms with Gasteiger partial charge in [0.05, 0.1) is 0 Å². The van der Waals surface area contributed by atoms with E-state index in [2.05, 4.69) is 65.1 Å². The summed E-state index contributed by atoms with van der Waals surface area (Å²) in [7, 11) is 2.11. The lowest BCUT2D eigenvalue weighted by Gasteiger charge is -2.20. The Morgan fingerprint density at radius 1 is 1.11 bits per heavy atom. The van der Waals surface area contributed by atoms with Crippen LogP contribution in [0.1, 0.15) is 11.1 Å². The maximum Gasteiger partial charge on any atom is 0.0365 e. The summed E-state index contributed by atoms with van der Waals surface area (Å²) in [6.07, 6.45) is 1.03. The second-order valence-electron chi connectivity index (χ2n) is 4.83. The number of halogens is 1. The molecule has 0 aromatic heterocycles. The predicted molar refractivity (Wildman–Crippen MR) is 86.7 cm³/mol. The fourth-order valence-corrected chi connectivity index (χ4v) is 2.46. The lowest BCUT2D eigenvalue weighted by molar-refractivity contribution is 0.871. The highest BCUT2D eigenvalue weighted by molar-refractivity contribution is 9.10. The Morgan fingerprint density at radius 2 is 1.79 bits per heavy atom. The van der Waals surface area contributed by atoms with E-state index < -0.39 is 0 Å². The van der Waals surface area contributed by atoms with Gasteiger partial charge in [0.15, 0.2) is 0 Å². The van der Waals surface area contributed by atoms with Crippen LogP contribution in [0, 0.1) is 6.92 Å². The third-order valence-corrected chi connectivity index (χ3v) is 3.85. The number of hydrogen-bond acceptors (Lipinski definition) is 2. The molecule has 0 radical (unpaired) electrons. The number of hydrogen-bond donors (Lipinski definition) is 1. The Morgan fingerprint density at radius 3 is 2.47 bits per heavy atom. The standard InChI is InChI=1S/C16H19BrN2/c1-12-3-4-14(17)11-13(12)9-10-19(2)16-7-5-15(18)6-8-16/h3-8,11H,9-10,18H2,1-2H3. The fourth-order valence-electron chi connectivity index (χ4n) is 2.06. The highest BCUT2D eigenvalue weighted by Crippen LogP contribution is 2.19. The molecule has 19 heavy (non-hydrogen) atoms. The molecule has 3 heteroatoms. The normalized spacial score (nSPS) is 10.5. The van der Waals surface area contributed by atoms with Gasteiger partial charge in [-0.05, 0) is 60.9 Å². The summed E-state index contributed by atoms with van der Waals surface area (Å²) >= 11 is 3.53. The average molecular weight is 319 g/mol. The molecule has 0 fully saturated rings. The van der Waals surface area contributed by atoms with Gasteiger partial charge in [-0.1, -0.05) is 22.0 Å². The van der Waals surface area contributed by atoms with Crippen molar-refractivity contribution < 1.29 is 0 Å².